The lowest BCUT2D eigenvalue weighted by Gasteiger charge is -2.32. The van der Waals surface area contributed by atoms with Crippen molar-refractivity contribution in [2.75, 3.05) is 6.61 Å². The van der Waals surface area contributed by atoms with Crippen molar-refractivity contribution in [3.8, 4) is 0 Å². The minimum absolute atomic E-state index is 0.219. The fraction of sp³-hybridized carbons (Fsp3) is 0.321. The van der Waals surface area contributed by atoms with E-state index in [0.717, 1.165) is 18.9 Å². The first-order chi connectivity index (χ1) is 15.2. The van der Waals surface area contributed by atoms with Crippen LogP contribution in [0.4, 0.5) is 0 Å². The lowest BCUT2D eigenvalue weighted by Crippen LogP contribution is -2.35. The highest BCUT2D eigenvalue weighted by Gasteiger charge is 2.42. The number of nitrogens with zero attached hydrogens (tertiary/aromatic N) is 2. The van der Waals surface area contributed by atoms with Crippen LogP contribution in [0.5, 0.6) is 0 Å². The topological polar surface area (TPSA) is 24.8 Å². The van der Waals surface area contributed by atoms with Gasteiger partial charge < -0.3 is 9.64 Å². The standard InChI is InChI=1S/C28H30N2O/c1-20(2)25-19-31-28(29-25)30-26(17-21-11-5-3-6-12-21)23-15-9-10-16-24(23)27(30)18-22-13-7-4-8-14-22/h3-16,20,25-27H,17-19H2,1-2H3/t25-,26-,27-/m1/s1. The molecule has 2 aliphatic heterocycles. The first-order valence-corrected chi connectivity index (χ1v) is 11.4. The van der Waals surface area contributed by atoms with Crippen molar-refractivity contribution < 1.29 is 4.74 Å². The Morgan fingerprint density at radius 2 is 1.26 bits per heavy atom. The number of ether oxygens (including phenoxy) is 1. The van der Waals surface area contributed by atoms with Crippen molar-refractivity contribution in [1.29, 1.82) is 0 Å². The van der Waals surface area contributed by atoms with E-state index in [9.17, 15) is 0 Å². The van der Waals surface area contributed by atoms with Gasteiger partial charge in [0, 0.05) is 0 Å². The van der Waals surface area contributed by atoms with Gasteiger partial charge in [-0.05, 0) is 41.0 Å². The fourth-order valence-corrected chi connectivity index (χ4v) is 4.85. The maximum Gasteiger partial charge on any atom is 0.288 e. The third kappa shape index (κ3) is 3.97. The lowest BCUT2D eigenvalue weighted by atomic mass is 9.96. The largest absolute Gasteiger partial charge is 0.463 e. The van der Waals surface area contributed by atoms with Crippen LogP contribution in [0.3, 0.4) is 0 Å². The number of fused-ring (bicyclic) bond motifs is 1. The Morgan fingerprint density at radius 3 is 1.71 bits per heavy atom. The van der Waals surface area contributed by atoms with Crippen LogP contribution in [0.1, 0.15) is 48.2 Å². The maximum absolute atomic E-state index is 6.25. The van der Waals surface area contributed by atoms with Crippen molar-refractivity contribution in [2.24, 2.45) is 10.9 Å². The molecular formula is C28H30N2O. The minimum Gasteiger partial charge on any atom is -0.463 e. The van der Waals surface area contributed by atoms with Gasteiger partial charge in [-0.25, -0.2) is 4.99 Å². The van der Waals surface area contributed by atoms with E-state index in [2.05, 4.69) is 104 Å². The van der Waals surface area contributed by atoms with Gasteiger partial charge in [-0.15, -0.1) is 0 Å². The minimum atomic E-state index is 0.219. The lowest BCUT2D eigenvalue weighted by molar-refractivity contribution is 0.187. The summed E-state index contributed by atoms with van der Waals surface area (Å²) in [5, 5.41) is 0. The molecule has 158 valence electrons. The molecule has 0 amide bonds. The van der Waals surface area contributed by atoms with Gasteiger partial charge in [0.1, 0.15) is 6.61 Å². The number of benzene rings is 3. The zero-order chi connectivity index (χ0) is 21.2. The summed E-state index contributed by atoms with van der Waals surface area (Å²) in [7, 11) is 0. The highest BCUT2D eigenvalue weighted by Crippen LogP contribution is 2.46. The summed E-state index contributed by atoms with van der Waals surface area (Å²) in [5.74, 6) is 0.475. The molecule has 0 fully saturated rings. The van der Waals surface area contributed by atoms with E-state index in [4.69, 9.17) is 9.73 Å². The summed E-state index contributed by atoms with van der Waals surface area (Å²) in [6.07, 6.45) is 1.88. The van der Waals surface area contributed by atoms with Crippen molar-refractivity contribution in [2.45, 2.75) is 44.8 Å². The Bertz CT molecular complexity index is 976. The van der Waals surface area contributed by atoms with Gasteiger partial charge in [0.2, 0.25) is 0 Å². The second-order valence-electron chi connectivity index (χ2n) is 8.98. The third-order valence-electron chi connectivity index (χ3n) is 6.58. The molecule has 3 nitrogen and oxygen atoms in total. The molecule has 0 radical (unpaired) electrons. The number of aliphatic imine (C=N–C) groups is 1. The first kappa shape index (κ1) is 19.9. The molecule has 3 atom stereocenters. The molecule has 0 unspecified atom stereocenters. The average Bonchev–Trinajstić information content (AvgIpc) is 3.40. The van der Waals surface area contributed by atoms with Gasteiger partial charge in [0.15, 0.2) is 0 Å². The van der Waals surface area contributed by atoms with Crippen molar-refractivity contribution >= 4 is 6.02 Å². The van der Waals surface area contributed by atoms with Crippen LogP contribution in [-0.2, 0) is 17.6 Å². The molecule has 2 heterocycles. The molecule has 3 aromatic rings. The molecule has 0 saturated carbocycles. The predicted molar refractivity (Wildman–Crippen MR) is 126 cm³/mol. The molecule has 0 spiro atoms. The van der Waals surface area contributed by atoms with Crippen LogP contribution in [0.25, 0.3) is 0 Å². The van der Waals surface area contributed by atoms with Gasteiger partial charge in [-0.3, -0.25) is 0 Å². The molecule has 3 heteroatoms. The monoisotopic (exact) mass is 410 g/mol. The molecule has 3 aromatic carbocycles. The van der Waals surface area contributed by atoms with Crippen LogP contribution in [-0.4, -0.2) is 23.6 Å². The SMILES string of the molecule is CC(C)[C@H]1COC(N2[C@H](Cc3ccccc3)c3ccccc3[C@H]2Cc2ccccc2)=N1. The quantitative estimate of drug-likeness (QED) is 0.517. The molecular weight excluding hydrogens is 380 g/mol. The first-order valence-electron chi connectivity index (χ1n) is 11.4. The van der Waals surface area contributed by atoms with E-state index in [0.29, 0.717) is 12.5 Å². The second kappa shape index (κ2) is 8.58. The molecule has 5 rings (SSSR count). The highest BCUT2D eigenvalue weighted by atomic mass is 16.5. The fourth-order valence-electron chi connectivity index (χ4n) is 4.85. The number of hydrogen-bond donors (Lipinski definition) is 0. The van der Waals surface area contributed by atoms with Gasteiger partial charge in [0.05, 0.1) is 18.1 Å². The van der Waals surface area contributed by atoms with Crippen molar-refractivity contribution in [3.63, 3.8) is 0 Å². The van der Waals surface area contributed by atoms with Gasteiger partial charge in [-0.2, -0.15) is 0 Å². The zero-order valence-electron chi connectivity index (χ0n) is 18.3. The summed E-state index contributed by atoms with van der Waals surface area (Å²) in [4.78, 5) is 7.52. The average molecular weight is 411 g/mol. The summed E-state index contributed by atoms with van der Waals surface area (Å²) in [5.41, 5.74) is 5.47. The maximum atomic E-state index is 6.25. The van der Waals surface area contributed by atoms with Crippen LogP contribution < -0.4 is 0 Å². The van der Waals surface area contributed by atoms with E-state index in [-0.39, 0.29) is 18.1 Å². The Hall–Kier alpha value is -3.07. The summed E-state index contributed by atoms with van der Waals surface area (Å²) >= 11 is 0. The Morgan fingerprint density at radius 1 is 0.774 bits per heavy atom. The highest BCUT2D eigenvalue weighted by molar-refractivity contribution is 5.78. The molecule has 31 heavy (non-hydrogen) atoms. The van der Waals surface area contributed by atoms with E-state index >= 15 is 0 Å². The van der Waals surface area contributed by atoms with Gasteiger partial charge in [-0.1, -0.05) is 98.8 Å². The number of rotatable bonds is 5. The van der Waals surface area contributed by atoms with Gasteiger partial charge >= 0.3 is 0 Å². The summed E-state index contributed by atoms with van der Waals surface area (Å²) < 4.78 is 6.25. The molecule has 0 aliphatic carbocycles. The molecule has 0 bridgehead atoms. The normalized spacial score (nSPS) is 22.4. The van der Waals surface area contributed by atoms with Crippen LogP contribution in [0, 0.1) is 5.92 Å². The van der Waals surface area contributed by atoms with E-state index < -0.39 is 0 Å². The summed E-state index contributed by atoms with van der Waals surface area (Å²) in [6, 6.07) is 31.9. The van der Waals surface area contributed by atoms with E-state index in [1.807, 2.05) is 0 Å². The van der Waals surface area contributed by atoms with Gasteiger partial charge in [0.25, 0.3) is 6.02 Å². The van der Waals surface area contributed by atoms with E-state index in [1.165, 1.54) is 22.3 Å². The third-order valence-corrected chi connectivity index (χ3v) is 6.58. The molecule has 0 saturated heterocycles. The molecule has 0 aromatic heterocycles. The smallest absolute Gasteiger partial charge is 0.288 e. The Balaban J connectivity index is 1.57. The van der Waals surface area contributed by atoms with E-state index in [1.54, 1.807) is 0 Å². The number of amidine groups is 1. The Labute approximate surface area is 185 Å². The molecule has 2 aliphatic rings. The van der Waals surface area contributed by atoms with Crippen LogP contribution >= 0.6 is 0 Å². The van der Waals surface area contributed by atoms with Crippen molar-refractivity contribution in [1.82, 2.24) is 4.90 Å². The predicted octanol–water partition coefficient (Wildman–Crippen LogP) is 5.98. The second-order valence-corrected chi connectivity index (χ2v) is 8.98. The zero-order valence-corrected chi connectivity index (χ0v) is 18.3. The number of hydrogen-bond acceptors (Lipinski definition) is 3. The Kier molecular flexibility index (Phi) is 5.50. The van der Waals surface area contributed by atoms with Crippen LogP contribution in [0.15, 0.2) is 89.9 Å². The van der Waals surface area contributed by atoms with Crippen molar-refractivity contribution in [3.05, 3.63) is 107 Å². The van der Waals surface area contributed by atoms with Crippen LogP contribution in [0.2, 0.25) is 0 Å². The summed E-state index contributed by atoms with van der Waals surface area (Å²) in [6.45, 7) is 5.13. The molecule has 0 N–H and O–H groups in total.